The van der Waals surface area contributed by atoms with E-state index in [0.717, 1.165) is 16.4 Å². The number of thioether (sulfide) groups is 1. The van der Waals surface area contributed by atoms with Gasteiger partial charge in [0.2, 0.25) is 0 Å². The van der Waals surface area contributed by atoms with Gasteiger partial charge in [-0.3, -0.25) is 0 Å². The van der Waals surface area contributed by atoms with Crippen LogP contribution in [0.2, 0.25) is 0 Å². The predicted octanol–water partition coefficient (Wildman–Crippen LogP) is 3.27. The average molecular weight is 380 g/mol. The molecule has 1 aliphatic heterocycles. The van der Waals surface area contributed by atoms with E-state index in [1.165, 1.54) is 0 Å². The summed E-state index contributed by atoms with van der Waals surface area (Å²) in [7, 11) is -3.06. The largest absolute Gasteiger partial charge is 0.468 e. The van der Waals surface area contributed by atoms with E-state index in [4.69, 9.17) is 4.42 Å². The van der Waals surface area contributed by atoms with Gasteiger partial charge in [-0.15, -0.1) is 11.8 Å². The smallest absolute Gasteiger partial charge is 0.319 e. The van der Waals surface area contributed by atoms with Gasteiger partial charge < -0.3 is 15.1 Å². The Morgan fingerprint density at radius 1 is 1.28 bits per heavy atom. The summed E-state index contributed by atoms with van der Waals surface area (Å²) in [6.45, 7) is 1.76. The van der Waals surface area contributed by atoms with Gasteiger partial charge in [-0.1, -0.05) is 0 Å². The van der Waals surface area contributed by atoms with Crippen molar-refractivity contribution in [1.82, 2.24) is 5.32 Å². The summed E-state index contributed by atoms with van der Waals surface area (Å²) < 4.78 is 28.5. The Morgan fingerprint density at radius 2 is 2.04 bits per heavy atom. The highest BCUT2D eigenvalue weighted by Gasteiger charge is 2.39. The number of benzene rings is 1. The van der Waals surface area contributed by atoms with E-state index >= 15 is 0 Å². The van der Waals surface area contributed by atoms with Crippen molar-refractivity contribution in [1.29, 1.82) is 0 Å². The lowest BCUT2D eigenvalue weighted by Crippen LogP contribution is -2.48. The van der Waals surface area contributed by atoms with Gasteiger partial charge in [-0.05, 0) is 49.7 Å². The maximum absolute atomic E-state index is 12.1. The first-order valence-electron chi connectivity index (χ1n) is 7.88. The van der Waals surface area contributed by atoms with Crippen molar-refractivity contribution in [3.05, 3.63) is 48.4 Å². The molecule has 0 saturated carbocycles. The van der Waals surface area contributed by atoms with E-state index in [1.54, 1.807) is 24.9 Å². The molecule has 2 heterocycles. The minimum absolute atomic E-state index is 0.0181. The van der Waals surface area contributed by atoms with Gasteiger partial charge in [-0.25, -0.2) is 13.2 Å². The number of sulfone groups is 1. The van der Waals surface area contributed by atoms with Crippen LogP contribution in [0.25, 0.3) is 0 Å². The molecule has 1 aromatic heterocycles. The first kappa shape index (κ1) is 17.9. The minimum atomic E-state index is -3.06. The third-order valence-electron chi connectivity index (χ3n) is 3.99. The van der Waals surface area contributed by atoms with Crippen LogP contribution in [-0.2, 0) is 15.6 Å². The normalized spacial score (nSPS) is 21.8. The Kier molecular flexibility index (Phi) is 5.10. The van der Waals surface area contributed by atoms with Gasteiger partial charge in [0.1, 0.15) is 5.76 Å². The van der Waals surface area contributed by atoms with E-state index < -0.39 is 21.4 Å². The monoisotopic (exact) mass is 380 g/mol. The van der Waals surface area contributed by atoms with Gasteiger partial charge in [0.15, 0.2) is 9.84 Å². The molecule has 1 saturated heterocycles. The highest BCUT2D eigenvalue weighted by Crippen LogP contribution is 2.25. The molecule has 134 valence electrons. The van der Waals surface area contributed by atoms with E-state index in [1.807, 2.05) is 36.4 Å². The molecule has 2 amide bonds. The summed E-state index contributed by atoms with van der Waals surface area (Å²) in [5.41, 5.74) is -0.0498. The van der Waals surface area contributed by atoms with Gasteiger partial charge in [0.25, 0.3) is 0 Å². The van der Waals surface area contributed by atoms with Gasteiger partial charge in [0, 0.05) is 10.6 Å². The second kappa shape index (κ2) is 7.13. The summed E-state index contributed by atoms with van der Waals surface area (Å²) in [6, 6.07) is 10.9. The molecule has 0 aliphatic carbocycles. The van der Waals surface area contributed by atoms with Crippen LogP contribution in [0.15, 0.2) is 52.0 Å². The Labute approximate surface area is 151 Å². The summed E-state index contributed by atoms with van der Waals surface area (Å²) in [5, 5.41) is 5.52. The Balaban J connectivity index is 1.51. The van der Waals surface area contributed by atoms with Crippen molar-refractivity contribution >= 4 is 33.3 Å². The SMILES string of the molecule is C[C@]1(NC(=O)Nc2ccc(SCc3ccco3)cc2)CCS(=O)(=O)C1. The van der Waals surface area contributed by atoms with Crippen molar-refractivity contribution in [2.75, 3.05) is 16.8 Å². The van der Waals surface area contributed by atoms with Crippen molar-refractivity contribution in [2.24, 2.45) is 0 Å². The number of carbonyl (C=O) groups is 1. The number of urea groups is 1. The quantitative estimate of drug-likeness (QED) is 0.777. The van der Waals surface area contributed by atoms with Crippen LogP contribution in [0.3, 0.4) is 0 Å². The molecule has 1 atom stereocenters. The number of nitrogens with one attached hydrogen (secondary N) is 2. The number of hydrogen-bond donors (Lipinski definition) is 2. The fourth-order valence-corrected chi connectivity index (χ4v) is 5.62. The standard InChI is InChI=1S/C17H20N2O4S2/c1-17(8-10-25(21,22)12-17)19-16(20)18-13-4-6-15(7-5-13)24-11-14-3-2-9-23-14/h2-7,9H,8,10-12H2,1H3,(H2,18,19,20)/t17-/m0/s1. The summed E-state index contributed by atoms with van der Waals surface area (Å²) in [5.74, 6) is 1.75. The van der Waals surface area contributed by atoms with Gasteiger partial charge >= 0.3 is 6.03 Å². The topological polar surface area (TPSA) is 88.4 Å². The fraction of sp³-hybridized carbons (Fsp3) is 0.353. The maximum atomic E-state index is 12.1. The summed E-state index contributed by atoms with van der Waals surface area (Å²) >= 11 is 1.64. The zero-order valence-electron chi connectivity index (χ0n) is 13.8. The molecule has 0 spiro atoms. The lowest BCUT2D eigenvalue weighted by molar-refractivity contribution is 0.242. The van der Waals surface area contributed by atoms with Crippen LogP contribution in [0.5, 0.6) is 0 Å². The molecule has 25 heavy (non-hydrogen) atoms. The molecular formula is C17H20N2O4S2. The molecule has 8 heteroatoms. The third-order valence-corrected chi connectivity index (χ3v) is 6.93. The molecule has 0 bridgehead atoms. The van der Waals surface area contributed by atoms with Crippen LogP contribution in [-0.4, -0.2) is 31.5 Å². The lowest BCUT2D eigenvalue weighted by Gasteiger charge is -2.24. The van der Waals surface area contributed by atoms with Crippen LogP contribution in [0, 0.1) is 0 Å². The van der Waals surface area contributed by atoms with Crippen molar-refractivity contribution in [3.63, 3.8) is 0 Å². The third kappa shape index (κ3) is 5.02. The van der Waals surface area contributed by atoms with Crippen molar-refractivity contribution in [2.45, 2.75) is 29.5 Å². The molecule has 3 rings (SSSR count). The second-order valence-electron chi connectivity index (χ2n) is 6.37. The zero-order valence-corrected chi connectivity index (χ0v) is 15.5. The minimum Gasteiger partial charge on any atom is -0.468 e. The average Bonchev–Trinajstić information content (AvgIpc) is 3.14. The van der Waals surface area contributed by atoms with Crippen molar-refractivity contribution in [3.8, 4) is 0 Å². The first-order chi connectivity index (χ1) is 11.8. The maximum Gasteiger partial charge on any atom is 0.319 e. The Morgan fingerprint density at radius 3 is 2.64 bits per heavy atom. The zero-order chi connectivity index (χ0) is 17.9. The Bertz CT molecular complexity index is 832. The summed E-state index contributed by atoms with van der Waals surface area (Å²) in [4.78, 5) is 13.2. The van der Waals surface area contributed by atoms with Gasteiger partial charge in [-0.2, -0.15) is 0 Å². The van der Waals surface area contributed by atoms with E-state index in [2.05, 4.69) is 10.6 Å². The van der Waals surface area contributed by atoms with E-state index in [0.29, 0.717) is 12.1 Å². The number of amides is 2. The first-order valence-corrected chi connectivity index (χ1v) is 10.7. The molecule has 0 unspecified atom stereocenters. The highest BCUT2D eigenvalue weighted by atomic mass is 32.2. The molecule has 1 aliphatic rings. The number of carbonyl (C=O) groups excluding carboxylic acids is 1. The van der Waals surface area contributed by atoms with Crippen LogP contribution < -0.4 is 10.6 Å². The number of anilines is 1. The van der Waals surface area contributed by atoms with Crippen LogP contribution in [0.4, 0.5) is 10.5 Å². The molecule has 2 aromatic rings. The Hall–Kier alpha value is -1.93. The molecule has 6 nitrogen and oxygen atoms in total. The molecular weight excluding hydrogens is 360 g/mol. The molecule has 1 fully saturated rings. The fourth-order valence-electron chi connectivity index (χ4n) is 2.73. The van der Waals surface area contributed by atoms with Crippen molar-refractivity contribution < 1.29 is 17.6 Å². The van der Waals surface area contributed by atoms with E-state index in [9.17, 15) is 13.2 Å². The van der Waals surface area contributed by atoms with E-state index in [-0.39, 0.29) is 11.5 Å². The lowest BCUT2D eigenvalue weighted by atomic mass is 10.0. The predicted molar refractivity (Wildman–Crippen MR) is 98.5 cm³/mol. The molecule has 2 N–H and O–H groups in total. The van der Waals surface area contributed by atoms with Gasteiger partial charge in [0.05, 0.1) is 29.1 Å². The molecule has 1 aromatic carbocycles. The number of hydrogen-bond acceptors (Lipinski definition) is 5. The summed E-state index contributed by atoms with van der Waals surface area (Å²) in [6.07, 6.45) is 2.09. The number of rotatable bonds is 5. The highest BCUT2D eigenvalue weighted by molar-refractivity contribution is 7.98. The van der Waals surface area contributed by atoms with Crippen LogP contribution in [0.1, 0.15) is 19.1 Å². The van der Waals surface area contributed by atoms with Crippen LogP contribution >= 0.6 is 11.8 Å². The number of furan rings is 1. The molecule has 0 radical (unpaired) electrons. The second-order valence-corrected chi connectivity index (χ2v) is 9.61.